The van der Waals surface area contributed by atoms with E-state index in [0.717, 1.165) is 32.0 Å². The third-order valence-corrected chi connectivity index (χ3v) is 3.63. The summed E-state index contributed by atoms with van der Waals surface area (Å²) in [6.07, 6.45) is 5.62. The molecule has 1 aliphatic heterocycles. The van der Waals surface area contributed by atoms with Crippen LogP contribution in [-0.2, 0) is 9.53 Å². The van der Waals surface area contributed by atoms with Crippen molar-refractivity contribution in [1.29, 1.82) is 0 Å². The topological polar surface area (TPSA) is 41.6 Å². The van der Waals surface area contributed by atoms with Crippen molar-refractivity contribution in [1.82, 2.24) is 10.2 Å². The van der Waals surface area contributed by atoms with E-state index in [4.69, 9.17) is 4.74 Å². The molecule has 0 spiro atoms. The van der Waals surface area contributed by atoms with Crippen LogP contribution in [0.1, 0.15) is 32.1 Å². The maximum Gasteiger partial charge on any atom is 0.223 e. The third kappa shape index (κ3) is 5.55. The number of halogens is 1. The summed E-state index contributed by atoms with van der Waals surface area (Å²) in [5.74, 6) is 1.04. The Morgan fingerprint density at radius 1 is 1.39 bits per heavy atom. The second-order valence-corrected chi connectivity index (χ2v) is 5.33. The van der Waals surface area contributed by atoms with Gasteiger partial charge >= 0.3 is 0 Å². The van der Waals surface area contributed by atoms with Gasteiger partial charge in [-0.1, -0.05) is 0 Å². The number of nitrogens with zero attached hydrogens (tertiary/aromatic N) is 1. The molecule has 2 aliphatic rings. The lowest BCUT2D eigenvalue weighted by Crippen LogP contribution is -2.35. The largest absolute Gasteiger partial charge is 0.379 e. The Balaban J connectivity index is 0.00000162. The van der Waals surface area contributed by atoms with Crippen molar-refractivity contribution >= 4 is 18.3 Å². The van der Waals surface area contributed by atoms with Gasteiger partial charge in [0.1, 0.15) is 0 Å². The smallest absolute Gasteiger partial charge is 0.223 e. The predicted molar refractivity (Wildman–Crippen MR) is 74.1 cm³/mol. The highest BCUT2D eigenvalue weighted by molar-refractivity contribution is 5.85. The van der Waals surface area contributed by atoms with Crippen molar-refractivity contribution < 1.29 is 9.53 Å². The van der Waals surface area contributed by atoms with Crippen molar-refractivity contribution in [2.75, 3.05) is 33.4 Å². The molecule has 1 amide bonds. The zero-order valence-electron chi connectivity index (χ0n) is 11.2. The average molecular weight is 277 g/mol. The number of amides is 1. The fourth-order valence-corrected chi connectivity index (χ4v) is 2.16. The first kappa shape index (κ1) is 15.7. The SMILES string of the molecule is CN(CCOCC1CC1)C(=O)CC1CCCN1.Cl. The van der Waals surface area contributed by atoms with Gasteiger partial charge in [0.15, 0.2) is 0 Å². The van der Waals surface area contributed by atoms with Crippen LogP contribution >= 0.6 is 12.4 Å². The number of carbonyl (C=O) groups is 1. The molecule has 0 bridgehead atoms. The van der Waals surface area contributed by atoms with E-state index in [9.17, 15) is 4.79 Å². The fourth-order valence-electron chi connectivity index (χ4n) is 2.16. The van der Waals surface area contributed by atoms with Crippen molar-refractivity contribution in [3.8, 4) is 0 Å². The molecule has 18 heavy (non-hydrogen) atoms. The molecule has 2 rings (SSSR count). The highest BCUT2D eigenvalue weighted by Crippen LogP contribution is 2.28. The summed E-state index contributed by atoms with van der Waals surface area (Å²) < 4.78 is 5.54. The van der Waals surface area contributed by atoms with Gasteiger partial charge in [-0.25, -0.2) is 0 Å². The van der Waals surface area contributed by atoms with Crippen molar-refractivity contribution in [3.63, 3.8) is 0 Å². The number of ether oxygens (including phenoxy) is 1. The molecule has 4 nitrogen and oxygen atoms in total. The van der Waals surface area contributed by atoms with E-state index in [1.807, 2.05) is 7.05 Å². The van der Waals surface area contributed by atoms with Gasteiger partial charge in [-0.15, -0.1) is 12.4 Å². The molecule has 0 aromatic heterocycles. The van der Waals surface area contributed by atoms with Gasteiger partial charge in [0.2, 0.25) is 5.91 Å². The summed E-state index contributed by atoms with van der Waals surface area (Å²) in [6.45, 7) is 3.34. The predicted octanol–water partition coefficient (Wildman–Crippen LogP) is 1.44. The summed E-state index contributed by atoms with van der Waals surface area (Å²) in [5, 5.41) is 3.35. The van der Waals surface area contributed by atoms with Gasteiger partial charge in [-0.05, 0) is 38.1 Å². The normalized spacial score (nSPS) is 22.6. The molecule has 5 heteroatoms. The summed E-state index contributed by atoms with van der Waals surface area (Å²) in [4.78, 5) is 13.7. The zero-order chi connectivity index (χ0) is 12.1. The first-order chi connectivity index (χ1) is 8.25. The summed E-state index contributed by atoms with van der Waals surface area (Å²) in [7, 11) is 1.87. The Bertz CT molecular complexity index is 253. The molecule has 0 radical (unpaired) electrons. The highest BCUT2D eigenvalue weighted by atomic mass is 35.5. The van der Waals surface area contributed by atoms with Gasteiger partial charge in [-0.2, -0.15) is 0 Å². The lowest BCUT2D eigenvalue weighted by molar-refractivity contribution is -0.131. The van der Waals surface area contributed by atoms with Crippen molar-refractivity contribution in [2.45, 2.75) is 38.1 Å². The van der Waals surface area contributed by atoms with Crippen LogP contribution in [0.25, 0.3) is 0 Å². The van der Waals surface area contributed by atoms with Crippen LogP contribution in [0, 0.1) is 5.92 Å². The lowest BCUT2D eigenvalue weighted by Gasteiger charge is -2.19. The zero-order valence-corrected chi connectivity index (χ0v) is 12.0. The van der Waals surface area contributed by atoms with Gasteiger partial charge < -0.3 is 15.0 Å². The fraction of sp³-hybridized carbons (Fsp3) is 0.923. The van der Waals surface area contributed by atoms with Crippen LogP contribution in [0.2, 0.25) is 0 Å². The summed E-state index contributed by atoms with van der Waals surface area (Å²) >= 11 is 0. The number of hydrogen-bond donors (Lipinski definition) is 1. The number of nitrogens with one attached hydrogen (secondary N) is 1. The van der Waals surface area contributed by atoms with E-state index in [2.05, 4.69) is 5.32 Å². The van der Waals surface area contributed by atoms with Crippen LogP contribution < -0.4 is 5.32 Å². The van der Waals surface area contributed by atoms with Crippen LogP contribution in [0.4, 0.5) is 0 Å². The molecule has 0 aromatic rings. The van der Waals surface area contributed by atoms with Gasteiger partial charge in [0.25, 0.3) is 0 Å². The Morgan fingerprint density at radius 3 is 2.78 bits per heavy atom. The Hall–Kier alpha value is -0.320. The molecule has 1 saturated carbocycles. The van der Waals surface area contributed by atoms with Crippen molar-refractivity contribution in [3.05, 3.63) is 0 Å². The molecule has 1 unspecified atom stereocenters. The van der Waals surface area contributed by atoms with Crippen LogP contribution in [-0.4, -0.2) is 50.2 Å². The molecular weight excluding hydrogens is 252 g/mol. The Kier molecular flexibility index (Phi) is 6.97. The Labute approximate surface area is 116 Å². The molecule has 1 N–H and O–H groups in total. The quantitative estimate of drug-likeness (QED) is 0.716. The minimum Gasteiger partial charge on any atom is -0.379 e. The summed E-state index contributed by atoms with van der Waals surface area (Å²) in [5.41, 5.74) is 0. The number of carbonyl (C=O) groups excluding carboxylic acids is 1. The van der Waals surface area contributed by atoms with Crippen molar-refractivity contribution in [2.24, 2.45) is 5.92 Å². The maximum atomic E-state index is 11.9. The molecule has 1 atom stereocenters. The number of hydrogen-bond acceptors (Lipinski definition) is 3. The minimum absolute atomic E-state index is 0. The minimum atomic E-state index is 0. The van der Waals surface area contributed by atoms with Gasteiger partial charge in [0, 0.05) is 32.7 Å². The average Bonchev–Trinajstić information content (AvgIpc) is 3.01. The van der Waals surface area contributed by atoms with E-state index in [1.54, 1.807) is 4.90 Å². The summed E-state index contributed by atoms with van der Waals surface area (Å²) in [6, 6.07) is 0.400. The van der Waals surface area contributed by atoms with Gasteiger partial charge in [0.05, 0.1) is 6.61 Å². The molecule has 106 valence electrons. The molecule has 0 aromatic carbocycles. The third-order valence-electron chi connectivity index (χ3n) is 3.63. The van der Waals surface area contributed by atoms with Crippen LogP contribution in [0.3, 0.4) is 0 Å². The van der Waals surface area contributed by atoms with E-state index < -0.39 is 0 Å². The molecule has 1 heterocycles. The number of likely N-dealkylation sites (N-methyl/N-ethyl adjacent to an activating group) is 1. The standard InChI is InChI=1S/C13H24N2O2.ClH/c1-15(7-8-17-10-11-4-5-11)13(16)9-12-3-2-6-14-12;/h11-12,14H,2-10H2,1H3;1H. The van der Waals surface area contributed by atoms with E-state index >= 15 is 0 Å². The first-order valence-corrected chi connectivity index (χ1v) is 6.81. The second-order valence-electron chi connectivity index (χ2n) is 5.33. The lowest BCUT2D eigenvalue weighted by atomic mass is 10.1. The van der Waals surface area contributed by atoms with E-state index in [-0.39, 0.29) is 18.3 Å². The number of rotatable bonds is 7. The van der Waals surface area contributed by atoms with E-state index in [1.165, 1.54) is 19.3 Å². The first-order valence-electron chi connectivity index (χ1n) is 6.81. The molecular formula is C13H25ClN2O2. The Morgan fingerprint density at radius 2 is 2.17 bits per heavy atom. The monoisotopic (exact) mass is 276 g/mol. The molecule has 2 fully saturated rings. The van der Waals surface area contributed by atoms with Gasteiger partial charge in [-0.3, -0.25) is 4.79 Å². The second kappa shape index (κ2) is 7.97. The molecule has 1 saturated heterocycles. The maximum absolute atomic E-state index is 11.9. The van der Waals surface area contributed by atoms with E-state index in [0.29, 0.717) is 19.1 Å². The molecule has 1 aliphatic carbocycles. The highest BCUT2D eigenvalue weighted by Gasteiger charge is 2.22. The van der Waals surface area contributed by atoms with Crippen LogP contribution in [0.15, 0.2) is 0 Å². The van der Waals surface area contributed by atoms with Crippen LogP contribution in [0.5, 0.6) is 0 Å².